The highest BCUT2D eigenvalue weighted by molar-refractivity contribution is 7.95. The van der Waals surface area contributed by atoms with Crippen molar-refractivity contribution in [2.24, 2.45) is 0 Å². The number of cyclic esters (lactones) is 1. The monoisotopic (exact) mass is 461 g/mol. The normalized spacial score (nSPS) is 15.2. The molecule has 0 N–H and O–H groups in total. The molecule has 33 heavy (non-hydrogen) atoms. The number of carbonyl (C=O) groups excluding carboxylic acids is 1. The second-order valence-corrected chi connectivity index (χ2v) is 11.1. The Hall–Kier alpha value is -3.56. The van der Waals surface area contributed by atoms with E-state index in [-0.39, 0.29) is 11.3 Å². The van der Waals surface area contributed by atoms with Crippen molar-refractivity contribution in [3.63, 3.8) is 0 Å². The predicted octanol–water partition coefficient (Wildman–Crippen LogP) is 5.45. The molecule has 3 nitrogen and oxygen atoms in total. The molecule has 0 saturated heterocycles. The van der Waals surface area contributed by atoms with Crippen LogP contribution in [0.2, 0.25) is 0 Å². The lowest BCUT2D eigenvalue weighted by molar-refractivity contribution is -0.0499. The van der Waals surface area contributed by atoms with Gasteiger partial charge in [0.1, 0.15) is 21.7 Å². The van der Waals surface area contributed by atoms with Crippen LogP contribution < -0.4 is 20.7 Å². The molecule has 1 unspecified atom stereocenters. The summed E-state index contributed by atoms with van der Waals surface area (Å²) < 4.78 is 36.2. The van der Waals surface area contributed by atoms with Crippen molar-refractivity contribution in [2.45, 2.75) is 12.5 Å². The Morgan fingerprint density at radius 3 is 1.67 bits per heavy atom. The first-order chi connectivity index (χ1) is 16.1. The largest absolute Gasteiger partial charge is 0.435 e. The Bertz CT molecular complexity index is 1170. The van der Waals surface area contributed by atoms with Crippen LogP contribution in [0.1, 0.15) is 21.8 Å². The van der Waals surface area contributed by atoms with E-state index in [0.29, 0.717) is 5.56 Å². The number of fused-ring (bicyclic) bond motifs is 1. The number of carbonyl (C=O) groups is 1. The van der Waals surface area contributed by atoms with Gasteiger partial charge in [-0.05, 0) is 54.6 Å². The Kier molecular flexibility index (Phi) is 5.65. The number of esters is 1. The van der Waals surface area contributed by atoms with Crippen LogP contribution in [0.25, 0.3) is 0 Å². The van der Waals surface area contributed by atoms with Gasteiger partial charge in [-0.25, -0.2) is 4.79 Å². The molecule has 5 rings (SSSR count). The van der Waals surface area contributed by atoms with Gasteiger partial charge in [0.2, 0.25) is 5.85 Å². The SMILES string of the molecule is O=C1OC([P+](c2ccccc2)(c2ccccc2)c2ccccc2)c2ccc(OC(F)F)cc21. The van der Waals surface area contributed by atoms with Crippen molar-refractivity contribution in [1.82, 2.24) is 0 Å². The lowest BCUT2D eigenvalue weighted by atomic mass is 10.1. The average molecular weight is 461 g/mol. The van der Waals surface area contributed by atoms with Gasteiger partial charge in [0.15, 0.2) is 7.26 Å². The molecule has 1 heterocycles. The summed E-state index contributed by atoms with van der Waals surface area (Å²) in [5.74, 6) is -1.21. The van der Waals surface area contributed by atoms with Gasteiger partial charge in [-0.3, -0.25) is 0 Å². The molecule has 0 amide bonds. The zero-order valence-electron chi connectivity index (χ0n) is 17.5. The summed E-state index contributed by atoms with van der Waals surface area (Å²) >= 11 is 0. The van der Waals surface area contributed by atoms with Crippen LogP contribution in [0.15, 0.2) is 109 Å². The lowest BCUT2D eigenvalue weighted by Crippen LogP contribution is -2.35. The summed E-state index contributed by atoms with van der Waals surface area (Å²) in [6, 6.07) is 34.6. The van der Waals surface area contributed by atoms with E-state index in [9.17, 15) is 13.6 Å². The third-order valence-electron chi connectivity index (χ3n) is 5.80. The second-order valence-electron chi connectivity index (χ2n) is 7.61. The molecule has 164 valence electrons. The van der Waals surface area contributed by atoms with Gasteiger partial charge in [-0.1, -0.05) is 54.6 Å². The highest BCUT2D eigenvalue weighted by Crippen LogP contribution is 2.69. The van der Waals surface area contributed by atoms with E-state index in [0.717, 1.165) is 15.9 Å². The summed E-state index contributed by atoms with van der Waals surface area (Å²) in [6.45, 7) is -2.97. The van der Waals surface area contributed by atoms with E-state index >= 15 is 0 Å². The van der Waals surface area contributed by atoms with Crippen molar-refractivity contribution < 1.29 is 23.0 Å². The van der Waals surface area contributed by atoms with Gasteiger partial charge in [-0.15, -0.1) is 0 Å². The molecular weight excluding hydrogens is 441 g/mol. The minimum Gasteiger partial charge on any atom is -0.435 e. The number of rotatable bonds is 6. The molecule has 1 atom stereocenters. The molecule has 4 aromatic carbocycles. The van der Waals surface area contributed by atoms with E-state index in [4.69, 9.17) is 4.74 Å². The first kappa shape index (κ1) is 21.3. The van der Waals surface area contributed by atoms with Gasteiger partial charge in [0.05, 0.1) is 5.56 Å². The van der Waals surface area contributed by atoms with Crippen LogP contribution in [0.3, 0.4) is 0 Å². The summed E-state index contributed by atoms with van der Waals surface area (Å²) in [4.78, 5) is 13.0. The van der Waals surface area contributed by atoms with Crippen molar-refractivity contribution in [3.8, 4) is 5.75 Å². The number of hydrogen-bond acceptors (Lipinski definition) is 3. The fourth-order valence-electron chi connectivity index (χ4n) is 4.46. The molecule has 0 aromatic heterocycles. The minimum absolute atomic E-state index is 0.0654. The quantitative estimate of drug-likeness (QED) is 0.283. The molecule has 6 heteroatoms. The van der Waals surface area contributed by atoms with E-state index in [2.05, 4.69) is 41.1 Å². The highest BCUT2D eigenvalue weighted by atomic mass is 31.2. The molecule has 0 spiro atoms. The van der Waals surface area contributed by atoms with Crippen LogP contribution in [-0.4, -0.2) is 12.6 Å². The van der Waals surface area contributed by atoms with Gasteiger partial charge in [0.25, 0.3) is 0 Å². The molecule has 0 aliphatic carbocycles. The molecule has 0 bridgehead atoms. The van der Waals surface area contributed by atoms with E-state index in [1.165, 1.54) is 12.1 Å². The lowest BCUT2D eigenvalue weighted by Gasteiger charge is -2.31. The van der Waals surface area contributed by atoms with Crippen LogP contribution in [-0.2, 0) is 4.74 Å². The molecule has 0 fully saturated rings. The molecule has 0 radical (unpaired) electrons. The van der Waals surface area contributed by atoms with E-state index in [1.807, 2.05) is 54.6 Å². The van der Waals surface area contributed by atoms with E-state index < -0.39 is 25.7 Å². The Labute approximate surface area is 190 Å². The summed E-state index contributed by atoms with van der Waals surface area (Å²) in [5, 5.41) is 3.17. The zero-order valence-corrected chi connectivity index (χ0v) is 18.4. The average Bonchev–Trinajstić information content (AvgIpc) is 3.17. The molecule has 1 aliphatic rings. The number of alkyl halides is 2. The number of benzene rings is 4. The van der Waals surface area contributed by atoms with Crippen molar-refractivity contribution in [3.05, 3.63) is 120 Å². The van der Waals surface area contributed by atoms with Crippen LogP contribution >= 0.6 is 7.26 Å². The first-order valence-electron chi connectivity index (χ1n) is 10.5. The third kappa shape index (κ3) is 3.69. The third-order valence-corrected chi connectivity index (χ3v) is 10.2. The Morgan fingerprint density at radius 1 is 0.727 bits per heavy atom. The Morgan fingerprint density at radius 2 is 1.21 bits per heavy atom. The van der Waals surface area contributed by atoms with Gasteiger partial charge < -0.3 is 9.47 Å². The fourth-order valence-corrected chi connectivity index (χ4v) is 8.99. The topological polar surface area (TPSA) is 35.5 Å². The molecule has 4 aromatic rings. The van der Waals surface area contributed by atoms with Gasteiger partial charge in [-0.2, -0.15) is 8.78 Å². The van der Waals surface area contributed by atoms with Crippen molar-refractivity contribution >= 4 is 29.1 Å². The maximum Gasteiger partial charge on any atom is 0.387 e. The summed E-state index contributed by atoms with van der Waals surface area (Å²) in [7, 11) is -2.55. The molecular formula is C27H20F2O3P+. The first-order valence-corrected chi connectivity index (χ1v) is 12.3. The smallest absolute Gasteiger partial charge is 0.387 e. The van der Waals surface area contributed by atoms with Crippen LogP contribution in [0.5, 0.6) is 5.75 Å². The minimum atomic E-state index is -2.97. The summed E-state index contributed by atoms with van der Waals surface area (Å²) in [6.07, 6.45) is 0. The maximum atomic E-state index is 13.0. The molecule has 1 aliphatic heterocycles. The highest BCUT2D eigenvalue weighted by Gasteiger charge is 2.58. The van der Waals surface area contributed by atoms with Gasteiger partial charge in [0, 0.05) is 5.56 Å². The number of halogens is 2. The standard InChI is InChI=1S/C27H20F2O3P/c28-27(29)31-19-16-17-23-24(18-19)25(30)32-26(23)33(20-10-4-1-5-11-20,21-12-6-2-7-13-21)22-14-8-3-9-15-22/h1-18,26-27H/q+1. The fraction of sp³-hybridized carbons (Fsp3) is 0.0741. The van der Waals surface area contributed by atoms with Crippen LogP contribution in [0, 0.1) is 0 Å². The molecule has 0 saturated carbocycles. The van der Waals surface area contributed by atoms with Crippen molar-refractivity contribution in [1.29, 1.82) is 0 Å². The Balaban J connectivity index is 1.79. The zero-order chi connectivity index (χ0) is 22.8. The summed E-state index contributed by atoms with van der Waals surface area (Å²) in [5.41, 5.74) is 0.928. The predicted molar refractivity (Wildman–Crippen MR) is 126 cm³/mol. The number of ether oxygens (including phenoxy) is 2. The van der Waals surface area contributed by atoms with Crippen molar-refractivity contribution in [2.75, 3.05) is 0 Å². The van der Waals surface area contributed by atoms with Crippen LogP contribution in [0.4, 0.5) is 8.78 Å². The second kappa shape index (κ2) is 8.76. The number of hydrogen-bond donors (Lipinski definition) is 0. The maximum absolute atomic E-state index is 13.0. The van der Waals surface area contributed by atoms with Gasteiger partial charge >= 0.3 is 12.6 Å². The van der Waals surface area contributed by atoms with E-state index in [1.54, 1.807) is 6.07 Å².